The molecule has 1 heterocycles. The summed E-state index contributed by atoms with van der Waals surface area (Å²) < 4.78 is 5.54. The maximum atomic E-state index is 12.3. The standard InChI is InChI=1S/C22H25ClN2O3/c1-15(2)17-3-9-20(10-4-17)28-14-21(26)24-12-16-11-22(27)25(13-16)19-7-5-18(23)6-8-19/h3-10,15-16H,11-14H2,1-2H3,(H,24,26). The zero-order valence-corrected chi connectivity index (χ0v) is 16.9. The summed E-state index contributed by atoms with van der Waals surface area (Å²) in [6.07, 6.45) is 0.417. The quantitative estimate of drug-likeness (QED) is 0.763. The van der Waals surface area contributed by atoms with E-state index in [0.717, 1.165) is 5.69 Å². The van der Waals surface area contributed by atoms with E-state index in [1.54, 1.807) is 17.0 Å². The first-order valence-corrected chi connectivity index (χ1v) is 9.85. The van der Waals surface area contributed by atoms with Gasteiger partial charge in [-0.3, -0.25) is 9.59 Å². The molecule has 2 aromatic rings. The highest BCUT2D eigenvalue weighted by Crippen LogP contribution is 2.26. The third kappa shape index (κ3) is 5.26. The minimum Gasteiger partial charge on any atom is -0.484 e. The Labute approximate surface area is 170 Å². The van der Waals surface area contributed by atoms with Crippen LogP contribution < -0.4 is 15.0 Å². The first-order chi connectivity index (χ1) is 13.4. The number of halogens is 1. The van der Waals surface area contributed by atoms with E-state index < -0.39 is 0 Å². The fraction of sp³-hybridized carbons (Fsp3) is 0.364. The average molecular weight is 401 g/mol. The van der Waals surface area contributed by atoms with Crippen LogP contribution in [0.15, 0.2) is 48.5 Å². The van der Waals surface area contributed by atoms with Gasteiger partial charge < -0.3 is 15.0 Å². The fourth-order valence-electron chi connectivity index (χ4n) is 3.20. The van der Waals surface area contributed by atoms with Gasteiger partial charge in [-0.05, 0) is 47.9 Å². The fourth-order valence-corrected chi connectivity index (χ4v) is 3.32. The Morgan fingerprint density at radius 3 is 2.50 bits per heavy atom. The largest absolute Gasteiger partial charge is 0.484 e. The smallest absolute Gasteiger partial charge is 0.257 e. The van der Waals surface area contributed by atoms with Crippen molar-refractivity contribution in [1.82, 2.24) is 5.32 Å². The van der Waals surface area contributed by atoms with Crippen LogP contribution in [0.3, 0.4) is 0 Å². The number of hydrogen-bond acceptors (Lipinski definition) is 3. The van der Waals surface area contributed by atoms with Crippen molar-refractivity contribution < 1.29 is 14.3 Å². The molecule has 1 aliphatic rings. The molecule has 0 aliphatic carbocycles. The van der Waals surface area contributed by atoms with E-state index in [-0.39, 0.29) is 24.3 Å². The summed E-state index contributed by atoms with van der Waals surface area (Å²) in [5, 5.41) is 3.50. The predicted molar refractivity (Wildman–Crippen MR) is 111 cm³/mol. The van der Waals surface area contributed by atoms with Crippen LogP contribution in [0.25, 0.3) is 0 Å². The summed E-state index contributed by atoms with van der Waals surface area (Å²) in [5.74, 6) is 1.08. The molecule has 5 nitrogen and oxygen atoms in total. The number of nitrogens with zero attached hydrogens (tertiary/aromatic N) is 1. The predicted octanol–water partition coefficient (Wildman–Crippen LogP) is 4.01. The van der Waals surface area contributed by atoms with Gasteiger partial charge in [-0.25, -0.2) is 0 Å². The summed E-state index contributed by atoms with van der Waals surface area (Å²) in [5.41, 5.74) is 2.06. The van der Waals surface area contributed by atoms with Crippen LogP contribution in [0, 0.1) is 5.92 Å². The Morgan fingerprint density at radius 2 is 1.86 bits per heavy atom. The van der Waals surface area contributed by atoms with Gasteiger partial charge in [0.25, 0.3) is 5.91 Å². The van der Waals surface area contributed by atoms with Crippen molar-refractivity contribution in [2.45, 2.75) is 26.2 Å². The van der Waals surface area contributed by atoms with Gasteiger partial charge in [-0.15, -0.1) is 0 Å². The Kier molecular flexibility index (Phi) is 6.57. The number of benzene rings is 2. The van der Waals surface area contributed by atoms with Gasteiger partial charge in [0.15, 0.2) is 6.61 Å². The molecule has 1 unspecified atom stereocenters. The zero-order valence-electron chi connectivity index (χ0n) is 16.2. The van der Waals surface area contributed by atoms with Gasteiger partial charge in [-0.2, -0.15) is 0 Å². The van der Waals surface area contributed by atoms with Crippen molar-refractivity contribution in [3.05, 3.63) is 59.1 Å². The molecule has 0 bridgehead atoms. The van der Waals surface area contributed by atoms with Crippen molar-refractivity contribution in [3.8, 4) is 5.75 Å². The number of amides is 2. The van der Waals surface area contributed by atoms with Crippen LogP contribution in [0.5, 0.6) is 5.75 Å². The lowest BCUT2D eigenvalue weighted by atomic mass is 10.0. The molecular weight excluding hydrogens is 376 g/mol. The van der Waals surface area contributed by atoms with Crippen molar-refractivity contribution in [1.29, 1.82) is 0 Å². The lowest BCUT2D eigenvalue weighted by molar-refractivity contribution is -0.123. The molecule has 3 rings (SSSR count). The maximum Gasteiger partial charge on any atom is 0.257 e. The van der Waals surface area contributed by atoms with E-state index in [1.165, 1.54) is 5.56 Å². The van der Waals surface area contributed by atoms with Gasteiger partial charge in [0.05, 0.1) is 0 Å². The molecule has 2 amide bonds. The molecule has 1 N–H and O–H groups in total. The number of hydrogen-bond donors (Lipinski definition) is 1. The molecule has 28 heavy (non-hydrogen) atoms. The number of nitrogens with one attached hydrogen (secondary N) is 1. The van der Waals surface area contributed by atoms with Crippen molar-refractivity contribution >= 4 is 29.1 Å². The Hall–Kier alpha value is -2.53. The van der Waals surface area contributed by atoms with Gasteiger partial charge in [0.1, 0.15) is 5.75 Å². The highest BCUT2D eigenvalue weighted by Gasteiger charge is 2.30. The molecule has 148 valence electrons. The summed E-state index contributed by atoms with van der Waals surface area (Å²) >= 11 is 5.90. The molecular formula is C22H25ClN2O3. The molecule has 0 aromatic heterocycles. The second kappa shape index (κ2) is 9.11. The Bertz CT molecular complexity index is 819. The van der Waals surface area contributed by atoms with Crippen molar-refractivity contribution in [3.63, 3.8) is 0 Å². The number of carbonyl (C=O) groups excluding carboxylic acids is 2. The lowest BCUT2D eigenvalue weighted by Gasteiger charge is -2.17. The summed E-state index contributed by atoms with van der Waals surface area (Å²) in [7, 11) is 0. The van der Waals surface area contributed by atoms with E-state index in [2.05, 4.69) is 19.2 Å². The molecule has 1 fully saturated rings. The second-order valence-electron chi connectivity index (χ2n) is 7.37. The molecule has 2 aromatic carbocycles. The van der Waals surface area contributed by atoms with E-state index in [9.17, 15) is 9.59 Å². The van der Waals surface area contributed by atoms with Crippen molar-refractivity contribution in [2.24, 2.45) is 5.92 Å². The van der Waals surface area contributed by atoms with Gasteiger partial charge in [-0.1, -0.05) is 37.6 Å². The Morgan fingerprint density at radius 1 is 1.18 bits per heavy atom. The molecule has 0 radical (unpaired) electrons. The Balaban J connectivity index is 1.43. The van der Waals surface area contributed by atoms with E-state index >= 15 is 0 Å². The molecule has 0 spiro atoms. The van der Waals surface area contributed by atoms with Gasteiger partial charge >= 0.3 is 0 Å². The molecule has 1 aliphatic heterocycles. The number of anilines is 1. The van der Waals surface area contributed by atoms with Crippen LogP contribution in [-0.4, -0.2) is 31.5 Å². The van der Waals surface area contributed by atoms with Crippen LogP contribution in [0.1, 0.15) is 31.7 Å². The first-order valence-electron chi connectivity index (χ1n) is 9.47. The highest BCUT2D eigenvalue weighted by atomic mass is 35.5. The molecule has 1 saturated heterocycles. The first kappa shape index (κ1) is 20.2. The second-order valence-corrected chi connectivity index (χ2v) is 7.80. The lowest BCUT2D eigenvalue weighted by Crippen LogP contribution is -2.34. The average Bonchev–Trinajstić information content (AvgIpc) is 3.06. The SMILES string of the molecule is CC(C)c1ccc(OCC(=O)NCC2CC(=O)N(c3ccc(Cl)cc3)C2)cc1. The third-order valence-corrected chi connectivity index (χ3v) is 5.10. The van der Waals surface area contributed by atoms with Crippen LogP contribution >= 0.6 is 11.6 Å². The van der Waals surface area contributed by atoms with E-state index in [4.69, 9.17) is 16.3 Å². The summed E-state index contributed by atoms with van der Waals surface area (Å²) in [6, 6.07) is 15.0. The topological polar surface area (TPSA) is 58.6 Å². The number of ether oxygens (including phenoxy) is 1. The highest BCUT2D eigenvalue weighted by molar-refractivity contribution is 6.30. The van der Waals surface area contributed by atoms with E-state index in [0.29, 0.717) is 36.2 Å². The zero-order chi connectivity index (χ0) is 20.1. The van der Waals surface area contributed by atoms with Gasteiger partial charge in [0, 0.05) is 36.1 Å². The molecule has 1 atom stereocenters. The maximum absolute atomic E-state index is 12.3. The van der Waals surface area contributed by atoms with Crippen molar-refractivity contribution in [2.75, 3.05) is 24.6 Å². The minimum atomic E-state index is -0.190. The normalized spacial score (nSPS) is 16.5. The number of rotatable bonds is 7. The summed E-state index contributed by atoms with van der Waals surface area (Å²) in [4.78, 5) is 26.1. The van der Waals surface area contributed by atoms with Crippen LogP contribution in [0.4, 0.5) is 5.69 Å². The molecule has 6 heteroatoms. The summed E-state index contributed by atoms with van der Waals surface area (Å²) in [6.45, 7) is 5.25. The van der Waals surface area contributed by atoms with Crippen LogP contribution in [0.2, 0.25) is 5.02 Å². The van der Waals surface area contributed by atoms with Crippen LogP contribution in [-0.2, 0) is 9.59 Å². The minimum absolute atomic E-state index is 0.0391. The van der Waals surface area contributed by atoms with E-state index in [1.807, 2.05) is 36.4 Å². The molecule has 0 saturated carbocycles. The monoisotopic (exact) mass is 400 g/mol. The van der Waals surface area contributed by atoms with Gasteiger partial charge in [0.2, 0.25) is 5.91 Å². The third-order valence-electron chi connectivity index (χ3n) is 4.85. The number of carbonyl (C=O) groups is 2.